The molecule has 118 valence electrons. The van der Waals surface area contributed by atoms with E-state index in [0.29, 0.717) is 0 Å². The van der Waals surface area contributed by atoms with Crippen molar-refractivity contribution in [3.05, 3.63) is 0 Å². The first-order chi connectivity index (χ1) is 10.1. The molecule has 1 atom stereocenters. The number of hydrogen-bond donors (Lipinski definition) is 1. The van der Waals surface area contributed by atoms with Gasteiger partial charge in [0.25, 0.3) is 0 Å². The van der Waals surface area contributed by atoms with Gasteiger partial charge in [-0.25, -0.2) is 0 Å². The van der Waals surface area contributed by atoms with E-state index in [0.717, 1.165) is 57.8 Å². The molecule has 0 bridgehead atoms. The number of carbonyl (C=O) groups is 2. The Labute approximate surface area is 127 Å². The fraction of sp³-hybridized carbons (Fsp3) is 0.882. The Morgan fingerprint density at radius 1 is 1.05 bits per heavy atom. The van der Waals surface area contributed by atoms with E-state index in [1.54, 1.807) is 0 Å². The Kier molecular flexibility index (Phi) is 3.74. The summed E-state index contributed by atoms with van der Waals surface area (Å²) in [7, 11) is 0. The maximum Gasteiger partial charge on any atom is 0.249 e. The Morgan fingerprint density at radius 2 is 1.62 bits per heavy atom. The van der Waals surface area contributed by atoms with Crippen LogP contribution in [-0.4, -0.2) is 33.8 Å². The van der Waals surface area contributed by atoms with Crippen molar-refractivity contribution in [3.8, 4) is 0 Å². The van der Waals surface area contributed by atoms with Gasteiger partial charge in [0.1, 0.15) is 11.1 Å². The topological polar surface area (TPSA) is 49.4 Å². The second-order valence-electron chi connectivity index (χ2n) is 7.27. The van der Waals surface area contributed by atoms with Crippen LogP contribution in [0.3, 0.4) is 0 Å². The van der Waals surface area contributed by atoms with Crippen molar-refractivity contribution in [1.82, 2.24) is 10.2 Å². The van der Waals surface area contributed by atoms with Crippen LogP contribution in [0, 0.1) is 0 Å². The molecule has 0 aromatic carbocycles. The number of amides is 2. The van der Waals surface area contributed by atoms with Gasteiger partial charge < -0.3 is 10.2 Å². The monoisotopic (exact) mass is 292 g/mol. The summed E-state index contributed by atoms with van der Waals surface area (Å²) >= 11 is 0. The molecular formula is C17H28N2O2. The molecule has 2 saturated carbocycles. The van der Waals surface area contributed by atoms with Crippen molar-refractivity contribution in [1.29, 1.82) is 0 Å². The molecule has 2 aliphatic carbocycles. The van der Waals surface area contributed by atoms with Crippen LogP contribution >= 0.6 is 0 Å². The van der Waals surface area contributed by atoms with Crippen LogP contribution in [0.4, 0.5) is 0 Å². The summed E-state index contributed by atoms with van der Waals surface area (Å²) in [5.41, 5.74) is -1.14. The van der Waals surface area contributed by atoms with Crippen molar-refractivity contribution in [2.24, 2.45) is 0 Å². The maximum atomic E-state index is 13.3. The van der Waals surface area contributed by atoms with Crippen LogP contribution in [-0.2, 0) is 9.59 Å². The molecule has 2 amide bonds. The summed E-state index contributed by atoms with van der Waals surface area (Å²) in [5, 5.41) is 3.18. The molecule has 1 saturated heterocycles. The van der Waals surface area contributed by atoms with Gasteiger partial charge in [-0.15, -0.1) is 0 Å². The van der Waals surface area contributed by atoms with Crippen molar-refractivity contribution in [2.75, 3.05) is 0 Å². The Balaban J connectivity index is 2.00. The summed E-state index contributed by atoms with van der Waals surface area (Å²) in [6.45, 7) is 4.22. The summed E-state index contributed by atoms with van der Waals surface area (Å²) in [4.78, 5) is 28.3. The molecular weight excluding hydrogens is 264 g/mol. The number of nitrogens with one attached hydrogen (secondary N) is 1. The van der Waals surface area contributed by atoms with E-state index in [2.05, 4.69) is 19.2 Å². The smallest absolute Gasteiger partial charge is 0.249 e. The van der Waals surface area contributed by atoms with Gasteiger partial charge in [0.05, 0.1) is 0 Å². The first-order valence-electron chi connectivity index (χ1n) is 8.72. The first kappa shape index (κ1) is 14.9. The summed E-state index contributed by atoms with van der Waals surface area (Å²) in [5.74, 6) is 0.333. The molecule has 4 nitrogen and oxygen atoms in total. The minimum Gasteiger partial charge on any atom is -0.340 e. The van der Waals surface area contributed by atoms with E-state index in [-0.39, 0.29) is 17.9 Å². The molecule has 1 aliphatic heterocycles. The lowest BCUT2D eigenvalue weighted by Crippen LogP contribution is -2.76. The molecule has 0 aromatic heterocycles. The predicted molar refractivity (Wildman–Crippen MR) is 81.8 cm³/mol. The van der Waals surface area contributed by atoms with E-state index in [1.165, 1.54) is 6.42 Å². The largest absolute Gasteiger partial charge is 0.340 e. The minimum atomic E-state index is -0.580. The number of hydrogen-bond acceptors (Lipinski definition) is 2. The van der Waals surface area contributed by atoms with E-state index in [9.17, 15) is 9.59 Å². The quantitative estimate of drug-likeness (QED) is 0.851. The van der Waals surface area contributed by atoms with Gasteiger partial charge in [0.2, 0.25) is 11.8 Å². The lowest BCUT2D eigenvalue weighted by molar-refractivity contribution is -0.169. The van der Waals surface area contributed by atoms with Crippen molar-refractivity contribution in [3.63, 3.8) is 0 Å². The molecule has 3 rings (SSSR count). The van der Waals surface area contributed by atoms with Gasteiger partial charge in [-0.2, -0.15) is 0 Å². The van der Waals surface area contributed by atoms with Gasteiger partial charge in [0, 0.05) is 6.04 Å². The van der Waals surface area contributed by atoms with Crippen LogP contribution in [0.1, 0.15) is 78.1 Å². The third-order valence-electron chi connectivity index (χ3n) is 6.03. The highest BCUT2D eigenvalue weighted by atomic mass is 16.2. The van der Waals surface area contributed by atoms with E-state index in [1.807, 2.05) is 4.90 Å². The molecule has 3 fully saturated rings. The SMILES string of the molecule is CCC(C)N1C(=O)C2(CCCC2)NC(=O)C12CCCCC2. The molecule has 0 aromatic rings. The zero-order valence-electron chi connectivity index (χ0n) is 13.4. The number of carbonyl (C=O) groups excluding carboxylic acids is 2. The van der Waals surface area contributed by atoms with Crippen LogP contribution < -0.4 is 5.32 Å². The zero-order chi connectivity index (χ0) is 15.1. The standard InChI is InChI=1S/C17H28N2O2/c1-3-13(2)19-15(21)16(9-7-8-10-16)18-14(20)17(19)11-5-4-6-12-17/h13H,3-12H2,1-2H3,(H,18,20). The molecule has 1 heterocycles. The summed E-state index contributed by atoms with van der Waals surface area (Å²) < 4.78 is 0. The lowest BCUT2D eigenvalue weighted by Gasteiger charge is -2.55. The van der Waals surface area contributed by atoms with Crippen LogP contribution in [0.15, 0.2) is 0 Å². The lowest BCUT2D eigenvalue weighted by atomic mass is 9.74. The van der Waals surface area contributed by atoms with E-state index in [4.69, 9.17) is 0 Å². The van der Waals surface area contributed by atoms with Crippen molar-refractivity contribution in [2.45, 2.75) is 95.2 Å². The molecule has 21 heavy (non-hydrogen) atoms. The van der Waals surface area contributed by atoms with Gasteiger partial charge in [-0.3, -0.25) is 9.59 Å². The van der Waals surface area contributed by atoms with E-state index < -0.39 is 11.1 Å². The third kappa shape index (κ3) is 2.09. The van der Waals surface area contributed by atoms with Crippen molar-refractivity contribution < 1.29 is 9.59 Å². The van der Waals surface area contributed by atoms with Crippen molar-refractivity contribution >= 4 is 11.8 Å². The summed E-state index contributed by atoms with van der Waals surface area (Å²) in [6, 6.07) is 0.152. The molecule has 2 spiro atoms. The fourth-order valence-electron chi connectivity index (χ4n) is 4.65. The fourth-order valence-corrected chi connectivity index (χ4v) is 4.65. The Hall–Kier alpha value is -1.06. The minimum absolute atomic E-state index is 0.129. The van der Waals surface area contributed by atoms with E-state index >= 15 is 0 Å². The highest BCUT2D eigenvalue weighted by Crippen LogP contribution is 2.44. The maximum absolute atomic E-state index is 13.3. The number of rotatable bonds is 2. The molecule has 0 radical (unpaired) electrons. The van der Waals surface area contributed by atoms with Gasteiger partial charge >= 0.3 is 0 Å². The van der Waals surface area contributed by atoms with Gasteiger partial charge in [-0.1, -0.05) is 39.0 Å². The summed E-state index contributed by atoms with van der Waals surface area (Å²) in [6.07, 6.45) is 9.62. The molecule has 1 unspecified atom stereocenters. The third-order valence-corrected chi connectivity index (χ3v) is 6.03. The Bertz CT molecular complexity index is 434. The Morgan fingerprint density at radius 3 is 2.19 bits per heavy atom. The molecule has 3 aliphatic rings. The number of piperazine rings is 1. The first-order valence-corrected chi connectivity index (χ1v) is 8.72. The highest BCUT2D eigenvalue weighted by molar-refractivity contribution is 6.02. The van der Waals surface area contributed by atoms with Gasteiger partial charge in [-0.05, 0) is 39.0 Å². The predicted octanol–water partition coefficient (Wildman–Crippen LogP) is 2.76. The average molecular weight is 292 g/mol. The average Bonchev–Trinajstić information content (AvgIpc) is 2.96. The molecule has 4 heteroatoms. The highest BCUT2D eigenvalue weighted by Gasteiger charge is 2.59. The second-order valence-corrected chi connectivity index (χ2v) is 7.27. The van der Waals surface area contributed by atoms with Crippen LogP contribution in [0.5, 0.6) is 0 Å². The van der Waals surface area contributed by atoms with Gasteiger partial charge in [0.15, 0.2) is 0 Å². The molecule has 1 N–H and O–H groups in total. The van der Waals surface area contributed by atoms with Crippen LogP contribution in [0.25, 0.3) is 0 Å². The zero-order valence-corrected chi connectivity index (χ0v) is 13.4. The number of nitrogens with zero attached hydrogens (tertiary/aromatic N) is 1. The normalized spacial score (nSPS) is 29.0. The second kappa shape index (κ2) is 5.29. The van der Waals surface area contributed by atoms with Crippen LogP contribution in [0.2, 0.25) is 0 Å².